The Hall–Kier alpha value is 3.75. The van der Waals surface area contributed by atoms with E-state index in [9.17, 15) is 0 Å². The van der Waals surface area contributed by atoms with E-state index in [1.807, 2.05) is 0 Å². The van der Waals surface area contributed by atoms with Gasteiger partial charge < -0.3 is 2.85 Å². The van der Waals surface area contributed by atoms with Gasteiger partial charge in [0, 0.05) is 36.5 Å². The first-order valence-corrected chi connectivity index (χ1v) is 0. The molecule has 0 aliphatic carbocycles. The summed E-state index contributed by atoms with van der Waals surface area (Å²) in [6.45, 7) is 0. The molecule has 0 amide bonds. The second-order valence-electron chi connectivity index (χ2n) is 0. The van der Waals surface area contributed by atoms with Crippen molar-refractivity contribution in [1.29, 1.82) is 0 Å². The van der Waals surface area contributed by atoms with Crippen molar-refractivity contribution in [3.63, 3.8) is 0 Å². The summed E-state index contributed by atoms with van der Waals surface area (Å²) in [6.07, 6.45) is 0. The predicted molar refractivity (Wildman–Crippen MR) is 27.6 cm³/mol. The van der Waals surface area contributed by atoms with Crippen LogP contribution in [0, 0.1) is 0 Å². The third kappa shape index (κ3) is 18.2. The molecule has 0 aliphatic heterocycles. The molecule has 0 rings (SSSR count). The molecule has 0 aromatic heterocycles. The monoisotopic (exact) mass is 406 g/mol. The van der Waals surface area contributed by atoms with E-state index in [-0.39, 0.29) is 114 Å². The standard InChI is InChI=1S/Ca.Fe.H3P.Pb.Zn.4H/h;;1H3;;;;;;/q+2;;;;;;;2*-1. The van der Waals surface area contributed by atoms with E-state index in [2.05, 4.69) is 0 Å². The molecule has 5 heteroatoms. The maximum absolute atomic E-state index is 0. The summed E-state index contributed by atoms with van der Waals surface area (Å²) in [5.74, 6) is 0. The first-order chi connectivity index (χ1) is 0. The van der Waals surface area contributed by atoms with Crippen LogP contribution in [0.5, 0.6) is 0 Å². The summed E-state index contributed by atoms with van der Waals surface area (Å²) in [6, 6.07) is 0. The van der Waals surface area contributed by atoms with E-state index in [1.165, 1.54) is 0 Å². The van der Waals surface area contributed by atoms with Crippen molar-refractivity contribution < 1.29 is 39.4 Å². The SMILES string of the molecule is P.[Ca+2].[Fe].[H-].[H-].[PbH2].[Zn]. The molecule has 0 bridgehead atoms. The molecule has 0 N–H and O–H groups in total. The van der Waals surface area contributed by atoms with Crippen LogP contribution in [-0.2, 0) is 36.5 Å². The van der Waals surface area contributed by atoms with Gasteiger partial charge in [0.2, 0.25) is 0 Å². The average molecular weight is 407 g/mol. The molecule has 0 saturated carbocycles. The van der Waals surface area contributed by atoms with E-state index < -0.39 is 0 Å². The van der Waals surface area contributed by atoms with Crippen LogP contribution < -0.4 is 0 Å². The van der Waals surface area contributed by atoms with Crippen molar-refractivity contribution in [2.75, 3.05) is 0 Å². The third-order valence-corrected chi connectivity index (χ3v) is 0. The second-order valence-corrected chi connectivity index (χ2v) is 0. The molecule has 5 heavy (non-hydrogen) atoms. The molecule has 0 spiro atoms. The Labute approximate surface area is 112 Å². The topological polar surface area (TPSA) is 0 Å². The van der Waals surface area contributed by atoms with Crippen LogP contribution in [0.4, 0.5) is 0 Å². The van der Waals surface area contributed by atoms with Crippen LogP contribution in [-0.4, -0.2) is 65.0 Å². The van der Waals surface area contributed by atoms with Gasteiger partial charge in [0.05, 0.1) is 0 Å². The Bertz CT molecular complexity index is 17.7. The fourth-order valence-corrected chi connectivity index (χ4v) is 0. The first-order valence-electron chi connectivity index (χ1n) is 0. The van der Waals surface area contributed by atoms with Gasteiger partial charge in [0.1, 0.15) is 0 Å². The smallest absolute Gasteiger partial charge is 0 e. The molecule has 0 aliphatic rings. The van der Waals surface area contributed by atoms with E-state index in [0.29, 0.717) is 0 Å². The molecule has 0 aromatic rings. The summed E-state index contributed by atoms with van der Waals surface area (Å²) >= 11 is 0. The second kappa shape index (κ2) is 25.1. The van der Waals surface area contributed by atoms with Gasteiger partial charge in [-0.25, -0.2) is 0 Å². The number of rotatable bonds is 0. The predicted octanol–water partition coefficient (Wildman–Crippen LogP) is -1.02. The zero-order valence-corrected chi connectivity index (χ0v) is 16.4. The van der Waals surface area contributed by atoms with E-state index in [1.54, 1.807) is 0 Å². The molecule has 0 saturated heterocycles. The van der Waals surface area contributed by atoms with Crippen molar-refractivity contribution in [2.24, 2.45) is 0 Å². The van der Waals surface area contributed by atoms with Gasteiger partial charge in [-0.1, -0.05) is 0 Å². The molecule has 28 valence electrons. The summed E-state index contributed by atoms with van der Waals surface area (Å²) in [5, 5.41) is 0. The Kier molecular flexibility index (Phi) is 187. The fourth-order valence-electron chi connectivity index (χ4n) is 0. The Balaban J connectivity index is 0. The van der Waals surface area contributed by atoms with Crippen molar-refractivity contribution in [3.8, 4) is 0 Å². The Morgan fingerprint density at radius 1 is 1.20 bits per heavy atom. The van der Waals surface area contributed by atoms with Crippen LogP contribution in [0.3, 0.4) is 0 Å². The minimum Gasteiger partial charge on any atom is 0 e. The molecular formula is H7CaFePPbZn. The fraction of sp³-hybridized carbons (Fsp3) is 0. The van der Waals surface area contributed by atoms with Gasteiger partial charge in [0.25, 0.3) is 0 Å². The van der Waals surface area contributed by atoms with Crippen molar-refractivity contribution in [1.82, 2.24) is 0 Å². The minimum absolute atomic E-state index is 0. The van der Waals surface area contributed by atoms with Crippen molar-refractivity contribution in [3.05, 3.63) is 0 Å². The maximum Gasteiger partial charge on any atom is 0 e. The molecule has 1 atom stereocenters. The van der Waals surface area contributed by atoms with E-state index in [4.69, 9.17) is 0 Å². The molecule has 2 radical (unpaired) electrons. The maximum atomic E-state index is 0. The van der Waals surface area contributed by atoms with E-state index >= 15 is 0 Å². The molecule has 0 heterocycles. The Morgan fingerprint density at radius 2 is 1.20 bits per heavy atom. The normalized spacial score (nSPS) is 0. The zero-order chi connectivity index (χ0) is 0. The molecular weight excluding hydrogens is 399 g/mol. The van der Waals surface area contributed by atoms with Crippen LogP contribution in [0.15, 0.2) is 0 Å². The van der Waals surface area contributed by atoms with Crippen LogP contribution in [0.25, 0.3) is 0 Å². The molecule has 0 nitrogen and oxygen atoms in total. The van der Waals surface area contributed by atoms with Crippen molar-refractivity contribution >= 4 is 74.9 Å². The zero-order valence-electron chi connectivity index (χ0n) is 5.18. The van der Waals surface area contributed by atoms with Gasteiger partial charge in [-0.05, 0) is 0 Å². The van der Waals surface area contributed by atoms with Crippen LogP contribution in [0.1, 0.15) is 2.85 Å². The van der Waals surface area contributed by atoms with Gasteiger partial charge in [0.15, 0.2) is 0 Å². The molecule has 0 fully saturated rings. The summed E-state index contributed by atoms with van der Waals surface area (Å²) < 4.78 is 0. The first kappa shape index (κ1) is 37.3. The minimum atomic E-state index is 0. The number of hydrogen-bond donors (Lipinski definition) is 0. The summed E-state index contributed by atoms with van der Waals surface area (Å²) in [5.41, 5.74) is 0. The van der Waals surface area contributed by atoms with Gasteiger partial charge >= 0.3 is 65.0 Å². The van der Waals surface area contributed by atoms with Gasteiger partial charge in [-0.2, -0.15) is 9.90 Å². The van der Waals surface area contributed by atoms with Crippen LogP contribution >= 0.6 is 9.90 Å². The quantitative estimate of drug-likeness (QED) is 0.357. The Morgan fingerprint density at radius 3 is 1.20 bits per heavy atom. The molecule has 0 aromatic carbocycles. The van der Waals surface area contributed by atoms with Crippen LogP contribution in [0.2, 0.25) is 0 Å². The van der Waals surface area contributed by atoms with Crippen molar-refractivity contribution in [2.45, 2.75) is 0 Å². The summed E-state index contributed by atoms with van der Waals surface area (Å²) in [7, 11) is 0. The van der Waals surface area contributed by atoms with Gasteiger partial charge in [-0.3, -0.25) is 0 Å². The van der Waals surface area contributed by atoms with E-state index in [0.717, 1.165) is 0 Å². The summed E-state index contributed by atoms with van der Waals surface area (Å²) in [4.78, 5) is 0. The molecule has 1 unspecified atom stereocenters. The largest absolute Gasteiger partial charge is 0 e. The third-order valence-electron chi connectivity index (χ3n) is 0. The average Bonchev–Trinajstić information content (AvgIpc) is 0. The van der Waals surface area contributed by atoms with Gasteiger partial charge in [-0.15, -0.1) is 0 Å². The number of hydrogen-bond acceptors (Lipinski definition) is 0.